The molecule has 134 valence electrons. The quantitative estimate of drug-likeness (QED) is 0.454. The first-order valence-electron chi connectivity index (χ1n) is 8.01. The molecule has 2 aromatic rings. The minimum atomic E-state index is -0.483. The van der Waals surface area contributed by atoms with E-state index in [0.29, 0.717) is 24.1 Å². The molecule has 2 aromatic carbocycles. The molecule has 0 aliphatic carbocycles. The lowest BCUT2D eigenvalue weighted by Gasteiger charge is -2.05. The van der Waals surface area contributed by atoms with E-state index in [1.807, 2.05) is 12.1 Å². The zero-order valence-corrected chi connectivity index (χ0v) is 14.3. The maximum atomic E-state index is 12.0. The van der Waals surface area contributed by atoms with Gasteiger partial charge in [-0.05, 0) is 35.8 Å². The Balaban J connectivity index is 1.92. The smallest absolute Gasteiger partial charge is 0.270 e. The lowest BCUT2D eigenvalue weighted by atomic mass is 10.1. The van der Waals surface area contributed by atoms with Crippen LogP contribution in [-0.4, -0.2) is 23.8 Å². The molecule has 0 bridgehead atoms. The van der Waals surface area contributed by atoms with Crippen LogP contribution in [0.1, 0.15) is 17.5 Å². The summed E-state index contributed by atoms with van der Waals surface area (Å²) in [4.78, 5) is 33.4. The molecule has 0 saturated carbocycles. The molecular formula is C19H19N3O4. The molecule has 0 aromatic heterocycles. The third kappa shape index (κ3) is 5.86. The number of anilines is 1. The molecule has 7 heteroatoms. The highest BCUT2D eigenvalue weighted by atomic mass is 16.6. The largest absolute Gasteiger partial charge is 0.359 e. The molecule has 7 nitrogen and oxygen atoms in total. The Hall–Kier alpha value is -3.48. The monoisotopic (exact) mass is 353 g/mol. The fraction of sp³-hybridized carbons (Fsp3) is 0.158. The van der Waals surface area contributed by atoms with Gasteiger partial charge in [-0.15, -0.1) is 0 Å². The van der Waals surface area contributed by atoms with E-state index in [2.05, 4.69) is 10.6 Å². The molecule has 0 aliphatic heterocycles. The second-order valence-electron chi connectivity index (χ2n) is 5.54. The first-order chi connectivity index (χ1) is 12.5. The molecule has 0 saturated heterocycles. The third-order valence-electron chi connectivity index (χ3n) is 3.65. The molecular weight excluding hydrogens is 334 g/mol. The molecule has 2 N–H and O–H groups in total. The van der Waals surface area contributed by atoms with Crippen LogP contribution in [0.5, 0.6) is 0 Å². The van der Waals surface area contributed by atoms with Gasteiger partial charge >= 0.3 is 0 Å². The molecule has 0 atom stereocenters. The number of carbonyl (C=O) groups is 2. The highest BCUT2D eigenvalue weighted by Crippen LogP contribution is 2.15. The summed E-state index contributed by atoms with van der Waals surface area (Å²) in [5, 5.41) is 16.0. The van der Waals surface area contributed by atoms with Gasteiger partial charge in [-0.2, -0.15) is 0 Å². The second kappa shape index (κ2) is 9.12. The van der Waals surface area contributed by atoms with Crippen molar-refractivity contribution in [2.75, 3.05) is 12.4 Å². The van der Waals surface area contributed by atoms with Crippen molar-refractivity contribution in [3.05, 3.63) is 75.8 Å². The number of carbonyl (C=O) groups excluding carboxylic acids is 2. The highest BCUT2D eigenvalue weighted by molar-refractivity contribution is 6.01. The molecule has 2 rings (SSSR count). The van der Waals surface area contributed by atoms with Gasteiger partial charge in [0.05, 0.1) is 4.92 Å². The Kier molecular flexibility index (Phi) is 6.61. The van der Waals surface area contributed by atoms with E-state index in [-0.39, 0.29) is 17.5 Å². The van der Waals surface area contributed by atoms with Crippen molar-refractivity contribution < 1.29 is 14.5 Å². The van der Waals surface area contributed by atoms with Crippen LogP contribution in [0.3, 0.4) is 0 Å². The number of hydrogen-bond acceptors (Lipinski definition) is 4. The molecule has 0 heterocycles. The van der Waals surface area contributed by atoms with Crippen LogP contribution < -0.4 is 10.6 Å². The Morgan fingerprint density at radius 2 is 1.88 bits per heavy atom. The van der Waals surface area contributed by atoms with Gasteiger partial charge in [0.2, 0.25) is 11.8 Å². The number of benzene rings is 2. The maximum absolute atomic E-state index is 12.0. The number of aryl methyl sites for hydroxylation is 1. The first-order valence-corrected chi connectivity index (χ1v) is 8.01. The molecule has 0 aliphatic rings. The van der Waals surface area contributed by atoms with Crippen LogP contribution >= 0.6 is 0 Å². The Morgan fingerprint density at radius 1 is 1.15 bits per heavy atom. The van der Waals surface area contributed by atoms with Crippen molar-refractivity contribution in [1.29, 1.82) is 0 Å². The van der Waals surface area contributed by atoms with Gasteiger partial charge < -0.3 is 10.6 Å². The number of amides is 2. The van der Waals surface area contributed by atoms with Crippen molar-refractivity contribution >= 4 is 29.3 Å². The molecule has 26 heavy (non-hydrogen) atoms. The van der Waals surface area contributed by atoms with Crippen LogP contribution in [0.4, 0.5) is 11.4 Å². The zero-order valence-electron chi connectivity index (χ0n) is 14.3. The summed E-state index contributed by atoms with van der Waals surface area (Å²) in [6.45, 7) is 0. The zero-order chi connectivity index (χ0) is 18.9. The number of nitrogens with zero attached hydrogens (tertiary/aromatic N) is 1. The van der Waals surface area contributed by atoms with E-state index in [0.717, 1.165) is 5.56 Å². The number of rotatable bonds is 7. The summed E-state index contributed by atoms with van der Waals surface area (Å²) in [7, 11) is 1.60. The van der Waals surface area contributed by atoms with Crippen LogP contribution in [0, 0.1) is 10.1 Å². The van der Waals surface area contributed by atoms with Gasteiger partial charge in [0.15, 0.2) is 0 Å². The summed E-state index contributed by atoms with van der Waals surface area (Å²) in [5.74, 6) is -0.358. The van der Waals surface area contributed by atoms with E-state index in [1.165, 1.54) is 24.3 Å². The normalized spacial score (nSPS) is 10.5. The summed E-state index contributed by atoms with van der Waals surface area (Å²) in [6.07, 6.45) is 3.87. The predicted octanol–water partition coefficient (Wildman–Crippen LogP) is 2.93. The van der Waals surface area contributed by atoms with Crippen LogP contribution in [-0.2, 0) is 16.0 Å². The summed E-state index contributed by atoms with van der Waals surface area (Å²) >= 11 is 0. The van der Waals surface area contributed by atoms with E-state index < -0.39 is 4.92 Å². The highest BCUT2D eigenvalue weighted by Gasteiger charge is 2.05. The third-order valence-corrected chi connectivity index (χ3v) is 3.65. The van der Waals surface area contributed by atoms with Crippen molar-refractivity contribution in [3.8, 4) is 0 Å². The van der Waals surface area contributed by atoms with Crippen LogP contribution in [0.2, 0.25) is 0 Å². The van der Waals surface area contributed by atoms with Gasteiger partial charge in [-0.25, -0.2) is 0 Å². The lowest BCUT2D eigenvalue weighted by molar-refractivity contribution is -0.384. The topological polar surface area (TPSA) is 101 Å². The number of hydrogen-bond donors (Lipinski definition) is 2. The van der Waals surface area contributed by atoms with Crippen LogP contribution in [0.25, 0.3) is 6.08 Å². The minimum Gasteiger partial charge on any atom is -0.359 e. The number of non-ortho nitro benzene ring substituents is 1. The Labute approximate surface area is 150 Å². The van der Waals surface area contributed by atoms with Crippen molar-refractivity contribution in [1.82, 2.24) is 5.32 Å². The fourth-order valence-corrected chi connectivity index (χ4v) is 2.24. The average Bonchev–Trinajstić information content (AvgIpc) is 2.65. The SMILES string of the molecule is CNC(=O)CCc1ccc(NC(=O)/C=C/c2cccc([N+](=O)[O-])c2)cc1. The molecule has 0 unspecified atom stereocenters. The van der Waals surface area contributed by atoms with E-state index in [9.17, 15) is 19.7 Å². The van der Waals surface area contributed by atoms with Gasteiger partial charge in [0, 0.05) is 37.4 Å². The molecule has 0 fully saturated rings. The van der Waals surface area contributed by atoms with Gasteiger partial charge in [-0.1, -0.05) is 24.3 Å². The number of nitro benzene ring substituents is 1. The Morgan fingerprint density at radius 3 is 2.54 bits per heavy atom. The summed E-state index contributed by atoms with van der Waals surface area (Å²) in [6, 6.07) is 13.3. The molecule has 0 spiro atoms. The van der Waals surface area contributed by atoms with Crippen molar-refractivity contribution in [2.24, 2.45) is 0 Å². The maximum Gasteiger partial charge on any atom is 0.270 e. The van der Waals surface area contributed by atoms with Crippen molar-refractivity contribution in [3.63, 3.8) is 0 Å². The average molecular weight is 353 g/mol. The number of nitrogens with one attached hydrogen (secondary N) is 2. The van der Waals surface area contributed by atoms with E-state index in [4.69, 9.17) is 0 Å². The lowest BCUT2D eigenvalue weighted by Crippen LogP contribution is -2.17. The van der Waals surface area contributed by atoms with Gasteiger partial charge in [-0.3, -0.25) is 19.7 Å². The second-order valence-corrected chi connectivity index (χ2v) is 5.54. The molecule has 2 amide bonds. The first kappa shape index (κ1) is 18.9. The molecule has 0 radical (unpaired) electrons. The standard InChI is InChI=1S/C19H19N3O4/c1-20-18(23)11-7-14-5-9-16(10-6-14)21-19(24)12-8-15-3-2-4-17(13-15)22(25)26/h2-6,8-10,12-13H,7,11H2,1H3,(H,20,23)(H,21,24)/b12-8+. The Bertz CT molecular complexity index is 829. The van der Waals surface area contributed by atoms with E-state index >= 15 is 0 Å². The minimum absolute atomic E-state index is 0.0198. The van der Waals surface area contributed by atoms with Gasteiger partial charge in [0.1, 0.15) is 0 Å². The predicted molar refractivity (Wildman–Crippen MR) is 99.6 cm³/mol. The fourth-order valence-electron chi connectivity index (χ4n) is 2.24. The van der Waals surface area contributed by atoms with Crippen molar-refractivity contribution in [2.45, 2.75) is 12.8 Å². The van der Waals surface area contributed by atoms with Gasteiger partial charge in [0.25, 0.3) is 5.69 Å². The van der Waals surface area contributed by atoms with E-state index in [1.54, 1.807) is 31.3 Å². The summed E-state index contributed by atoms with van der Waals surface area (Å²) < 4.78 is 0. The van der Waals surface area contributed by atoms with Crippen LogP contribution in [0.15, 0.2) is 54.6 Å². The number of nitro groups is 1. The summed E-state index contributed by atoms with van der Waals surface area (Å²) in [5.41, 5.74) is 2.17.